The van der Waals surface area contributed by atoms with Crippen LogP contribution in [0.2, 0.25) is 0 Å². The fourth-order valence-corrected chi connectivity index (χ4v) is 0. The molecule has 0 spiro atoms. The molecule has 0 radical (unpaired) electrons. The molecular formula is C8H9KO16. The van der Waals surface area contributed by atoms with E-state index in [1.54, 1.807) is 0 Å². The fourth-order valence-electron chi connectivity index (χ4n) is 0. The van der Waals surface area contributed by atoms with Crippen LogP contribution in [0.3, 0.4) is 0 Å². The van der Waals surface area contributed by atoms with Gasteiger partial charge in [0.25, 0.3) is 0 Å². The van der Waals surface area contributed by atoms with Crippen LogP contribution in [-0.2, 0) is 38.4 Å². The van der Waals surface area contributed by atoms with Gasteiger partial charge in [0, 0.05) is 0 Å². The average molecular weight is 400 g/mol. The van der Waals surface area contributed by atoms with Gasteiger partial charge in [-0.05, 0) is 0 Å². The molecule has 25 heavy (non-hydrogen) atoms. The molecule has 17 heteroatoms. The van der Waals surface area contributed by atoms with Gasteiger partial charge >= 0.3 is 85.5 Å². The van der Waals surface area contributed by atoms with Gasteiger partial charge in [0.1, 0.15) is 0 Å². The number of hydrogen-bond donors (Lipinski definition) is 5. The van der Waals surface area contributed by atoms with Gasteiger partial charge in [0.15, 0.2) is 5.97 Å². The van der Waals surface area contributed by atoms with Crippen LogP contribution in [0.1, 0.15) is 4.28 Å². The maximum atomic E-state index is 9.10. The monoisotopic (exact) mass is 400 g/mol. The first-order valence-electron chi connectivity index (χ1n) is 4.36. The van der Waals surface area contributed by atoms with Gasteiger partial charge in [-0.3, -0.25) is 0 Å². The van der Waals surface area contributed by atoms with Crippen LogP contribution in [0.4, 0.5) is 0 Å². The second-order valence-electron chi connectivity index (χ2n) is 2.39. The van der Waals surface area contributed by atoms with Gasteiger partial charge in [0.2, 0.25) is 0 Å². The Labute approximate surface area is 181 Å². The van der Waals surface area contributed by atoms with Crippen molar-refractivity contribution in [3.8, 4) is 0 Å². The third kappa shape index (κ3) is 44.9. The molecule has 138 valence electrons. The summed E-state index contributed by atoms with van der Waals surface area (Å²) in [4.78, 5) is 72.3. The third-order valence-electron chi connectivity index (χ3n) is 0.707. The van der Waals surface area contributed by atoms with Gasteiger partial charge in [0.05, 0.1) is 11.9 Å². The van der Waals surface area contributed by atoms with E-state index in [2.05, 4.69) is 0 Å². The third-order valence-corrected chi connectivity index (χ3v) is 0.707. The number of carbonyl (C=O) groups is 8. The molecular weight excluding hydrogens is 391 g/mol. The Morgan fingerprint density at radius 1 is 0.440 bits per heavy atom. The summed E-state index contributed by atoms with van der Waals surface area (Å²) in [5, 5.41) is 63.7. The van der Waals surface area contributed by atoms with E-state index in [1.165, 1.54) is 0 Å². The maximum absolute atomic E-state index is 9.10. The summed E-state index contributed by atoms with van der Waals surface area (Å²) in [6.45, 7) is 0. The van der Waals surface area contributed by atoms with E-state index in [0.717, 1.165) is 0 Å². The molecule has 0 aliphatic carbocycles. The van der Waals surface area contributed by atoms with Crippen molar-refractivity contribution in [1.82, 2.24) is 0 Å². The number of aliphatic carboxylic acids is 8. The SMILES string of the molecule is O=C(O)C(=O)O.O=C(O)C(=O)O.O=C([O-])C(=O)O.O=C([O-])C(=O)[O-].[H+].[H+].[H+].[KH]. The topological polar surface area (TPSA) is 307 Å². The Balaban J connectivity index is -0.0000000303. The second kappa shape index (κ2) is 19.4. The van der Waals surface area contributed by atoms with Gasteiger partial charge in [-0.25, -0.2) is 24.0 Å². The minimum atomic E-state index is -2.19. The van der Waals surface area contributed by atoms with E-state index in [-0.39, 0.29) is 55.7 Å². The van der Waals surface area contributed by atoms with Gasteiger partial charge in [-0.1, -0.05) is 0 Å². The quantitative estimate of drug-likeness (QED) is 0.186. The molecule has 0 aromatic rings. The first-order valence-corrected chi connectivity index (χ1v) is 4.36. The van der Waals surface area contributed by atoms with Crippen LogP contribution in [0.5, 0.6) is 0 Å². The van der Waals surface area contributed by atoms with Crippen LogP contribution in [0.15, 0.2) is 0 Å². The van der Waals surface area contributed by atoms with Gasteiger partial charge in [-0.2, -0.15) is 0 Å². The molecule has 0 saturated heterocycles. The predicted octanol–water partition coefficient (Wildman–Crippen LogP) is -7.69. The molecule has 5 N–H and O–H groups in total. The molecule has 0 aromatic carbocycles. The van der Waals surface area contributed by atoms with Crippen LogP contribution in [-0.4, -0.2) is 125 Å². The van der Waals surface area contributed by atoms with Crippen molar-refractivity contribution in [2.75, 3.05) is 0 Å². The average Bonchev–Trinajstić information content (AvgIpc) is 2.40. The number of carbonyl (C=O) groups excluding carboxylic acids is 3. The zero-order valence-corrected chi connectivity index (χ0v) is 10.7. The first-order chi connectivity index (χ1) is 10.6. The minimum absolute atomic E-state index is 0. The van der Waals surface area contributed by atoms with E-state index >= 15 is 0 Å². The van der Waals surface area contributed by atoms with Crippen LogP contribution >= 0.6 is 0 Å². The summed E-state index contributed by atoms with van der Waals surface area (Å²) >= 11 is 0. The summed E-state index contributed by atoms with van der Waals surface area (Å²) in [5.41, 5.74) is 0. The number of carboxylic acids is 8. The van der Waals surface area contributed by atoms with E-state index in [9.17, 15) is 0 Å². The molecule has 0 bridgehead atoms. The molecule has 16 nitrogen and oxygen atoms in total. The summed E-state index contributed by atoms with van der Waals surface area (Å²) in [5.74, 6) is -15.7. The number of rotatable bonds is 0. The molecule has 0 unspecified atom stereocenters. The molecule has 0 aromatic heterocycles. The Morgan fingerprint density at radius 3 is 0.560 bits per heavy atom. The summed E-state index contributed by atoms with van der Waals surface area (Å²) in [6.07, 6.45) is 0. The summed E-state index contributed by atoms with van der Waals surface area (Å²) in [7, 11) is 0. The Bertz CT molecular complexity index is 402. The Morgan fingerprint density at radius 2 is 0.560 bits per heavy atom. The summed E-state index contributed by atoms with van der Waals surface area (Å²) in [6, 6.07) is 0. The van der Waals surface area contributed by atoms with Crippen LogP contribution in [0, 0.1) is 0 Å². The van der Waals surface area contributed by atoms with E-state index < -0.39 is 47.8 Å². The van der Waals surface area contributed by atoms with E-state index in [1.807, 2.05) is 0 Å². The van der Waals surface area contributed by atoms with Crippen molar-refractivity contribution in [1.29, 1.82) is 0 Å². The summed E-state index contributed by atoms with van der Waals surface area (Å²) < 4.78 is 0. The molecule has 0 aliphatic rings. The van der Waals surface area contributed by atoms with Crippen LogP contribution in [0.25, 0.3) is 0 Å². The molecule has 0 saturated carbocycles. The molecule has 0 aliphatic heterocycles. The van der Waals surface area contributed by atoms with Gasteiger partial charge < -0.3 is 55.2 Å². The molecule has 0 fully saturated rings. The van der Waals surface area contributed by atoms with Crippen molar-refractivity contribution in [3.05, 3.63) is 0 Å². The zero-order chi connectivity index (χ0) is 20.6. The first kappa shape index (κ1) is 33.9. The van der Waals surface area contributed by atoms with E-state index in [4.69, 9.17) is 79.2 Å². The number of hydrogen-bond acceptors (Lipinski definition) is 11. The predicted molar refractivity (Wildman–Crippen MR) is 63.7 cm³/mol. The Hall–Kier alpha value is -2.60. The normalized spacial score (nSPS) is 7.04. The molecule has 0 heterocycles. The standard InChI is InChI=1S/4C2H2O4.K.H/c4*3-1(4)2(5)6;;/h4*(H,3,4)(H,5,6);;. The molecule has 0 rings (SSSR count). The van der Waals surface area contributed by atoms with Crippen molar-refractivity contribution in [3.63, 3.8) is 0 Å². The number of carboxylic acid groups (broad SMARTS) is 8. The molecule has 0 atom stereocenters. The van der Waals surface area contributed by atoms with Gasteiger partial charge in [-0.15, -0.1) is 0 Å². The van der Waals surface area contributed by atoms with Crippen molar-refractivity contribution in [2.24, 2.45) is 0 Å². The second-order valence-corrected chi connectivity index (χ2v) is 2.39. The molecule has 0 amide bonds. The Kier molecular flexibility index (Phi) is 26.3. The fraction of sp³-hybridized carbons (Fsp3) is 0. The zero-order valence-electron chi connectivity index (χ0n) is 13.7. The van der Waals surface area contributed by atoms with Crippen molar-refractivity contribution in [2.45, 2.75) is 0 Å². The van der Waals surface area contributed by atoms with Crippen LogP contribution < -0.4 is 15.3 Å². The van der Waals surface area contributed by atoms with E-state index in [0.29, 0.717) is 0 Å². The van der Waals surface area contributed by atoms with Crippen molar-refractivity contribution < 1.29 is 83.5 Å². The van der Waals surface area contributed by atoms with Crippen molar-refractivity contribution >= 4 is 99.1 Å².